The van der Waals surface area contributed by atoms with Crippen molar-refractivity contribution in [3.63, 3.8) is 0 Å². The summed E-state index contributed by atoms with van der Waals surface area (Å²) in [6.45, 7) is 1.30. The molecule has 1 aliphatic rings. The highest BCUT2D eigenvalue weighted by atomic mass is 16.3. The summed E-state index contributed by atoms with van der Waals surface area (Å²) in [5, 5.41) is 10.5. The van der Waals surface area contributed by atoms with Gasteiger partial charge in [0.1, 0.15) is 11.1 Å². The minimum absolute atomic E-state index is 0.106. The molecule has 4 rings (SSSR count). The highest BCUT2D eigenvalue weighted by molar-refractivity contribution is 5.61. The first kappa shape index (κ1) is 13.3. The van der Waals surface area contributed by atoms with Gasteiger partial charge in [0, 0.05) is 25.5 Å². The number of aliphatic hydroxyl groups is 1. The predicted molar refractivity (Wildman–Crippen MR) is 84.8 cm³/mol. The molecule has 1 aliphatic heterocycles. The number of rotatable bonds is 2. The van der Waals surface area contributed by atoms with Crippen LogP contribution in [-0.4, -0.2) is 39.5 Å². The number of likely N-dealkylation sites (tertiary alicyclic amines) is 1. The number of hydrogen-bond acceptors (Lipinski definition) is 3. The van der Waals surface area contributed by atoms with E-state index in [0.29, 0.717) is 18.6 Å². The molecule has 1 saturated heterocycles. The van der Waals surface area contributed by atoms with E-state index >= 15 is 0 Å². The monoisotopic (exact) mass is 295 g/mol. The number of aromatic amines is 1. The zero-order valence-corrected chi connectivity index (χ0v) is 12.3. The first-order valence-electron chi connectivity index (χ1n) is 7.27. The van der Waals surface area contributed by atoms with Gasteiger partial charge in [-0.15, -0.1) is 0 Å². The van der Waals surface area contributed by atoms with E-state index in [4.69, 9.17) is 0 Å². The summed E-state index contributed by atoms with van der Waals surface area (Å²) in [5.74, 6) is 0. The number of β-amino-alcohol motifs (C(OH)–C–C–N with tert-alkyl or cyclic N) is 1. The number of hydrogen-bond donors (Lipinski definition) is 2. The van der Waals surface area contributed by atoms with Crippen LogP contribution in [0.3, 0.4) is 0 Å². The molecule has 0 saturated carbocycles. The average molecular weight is 295 g/mol. The van der Waals surface area contributed by atoms with Gasteiger partial charge in [-0.2, -0.15) is 0 Å². The average Bonchev–Trinajstić information content (AvgIpc) is 2.95. The molecule has 112 valence electrons. The van der Waals surface area contributed by atoms with Gasteiger partial charge in [-0.1, -0.05) is 24.3 Å². The van der Waals surface area contributed by atoms with E-state index in [1.807, 2.05) is 54.2 Å². The topological polar surface area (TPSA) is 60.7 Å². The van der Waals surface area contributed by atoms with Crippen molar-refractivity contribution in [2.45, 2.75) is 5.60 Å². The van der Waals surface area contributed by atoms with E-state index < -0.39 is 5.60 Å². The number of fused-ring (bicyclic) bond motifs is 1. The molecule has 0 aliphatic carbocycles. The van der Waals surface area contributed by atoms with Crippen LogP contribution in [-0.2, 0) is 5.60 Å². The van der Waals surface area contributed by atoms with Crippen molar-refractivity contribution in [3.8, 4) is 11.3 Å². The molecule has 0 bridgehead atoms. The molecular weight excluding hydrogens is 278 g/mol. The van der Waals surface area contributed by atoms with Crippen LogP contribution in [0, 0.1) is 0 Å². The minimum atomic E-state index is -0.745. The van der Waals surface area contributed by atoms with Crippen molar-refractivity contribution < 1.29 is 5.11 Å². The van der Waals surface area contributed by atoms with Gasteiger partial charge < -0.3 is 14.5 Å². The van der Waals surface area contributed by atoms with Gasteiger partial charge in [-0.3, -0.25) is 9.69 Å². The lowest BCUT2D eigenvalue weighted by Gasteiger charge is -2.44. The van der Waals surface area contributed by atoms with E-state index in [2.05, 4.69) is 9.88 Å². The SMILES string of the molecule is CN1CC(O)(c2ccc(-c3cn4cccc4c(=O)[nH]3)cc2)C1. The Kier molecular flexibility index (Phi) is 2.76. The molecule has 2 N–H and O–H groups in total. The van der Waals surface area contributed by atoms with Gasteiger partial charge in [0.2, 0.25) is 0 Å². The highest BCUT2D eigenvalue weighted by Gasteiger charge is 2.40. The van der Waals surface area contributed by atoms with Crippen LogP contribution in [0.5, 0.6) is 0 Å². The number of nitrogens with zero attached hydrogens (tertiary/aromatic N) is 2. The van der Waals surface area contributed by atoms with Crippen molar-refractivity contribution in [2.75, 3.05) is 20.1 Å². The van der Waals surface area contributed by atoms with Gasteiger partial charge >= 0.3 is 0 Å². The third-order valence-electron chi connectivity index (χ3n) is 4.32. The Bertz CT molecular complexity index is 886. The van der Waals surface area contributed by atoms with Gasteiger partial charge in [-0.05, 0) is 30.3 Å². The second-order valence-corrected chi connectivity index (χ2v) is 6.08. The maximum absolute atomic E-state index is 12.0. The summed E-state index contributed by atoms with van der Waals surface area (Å²) in [6, 6.07) is 11.4. The fraction of sp³-hybridized carbons (Fsp3) is 0.235. The normalized spacial score (nSPS) is 17.5. The number of aromatic nitrogens is 2. The van der Waals surface area contributed by atoms with Crippen molar-refractivity contribution in [3.05, 3.63) is 64.7 Å². The zero-order chi connectivity index (χ0) is 15.3. The Morgan fingerprint density at radius 1 is 1.18 bits per heavy atom. The summed E-state index contributed by atoms with van der Waals surface area (Å²) < 4.78 is 1.82. The van der Waals surface area contributed by atoms with Gasteiger partial charge in [0.05, 0.1) is 5.69 Å². The van der Waals surface area contributed by atoms with Crippen LogP contribution in [0.4, 0.5) is 0 Å². The molecule has 5 heteroatoms. The minimum Gasteiger partial charge on any atom is -0.382 e. The third kappa shape index (κ3) is 1.98. The lowest BCUT2D eigenvalue weighted by molar-refractivity contribution is -0.0918. The first-order chi connectivity index (χ1) is 10.5. The molecule has 0 atom stereocenters. The number of likely N-dealkylation sites (N-methyl/N-ethyl adjacent to an activating group) is 1. The highest BCUT2D eigenvalue weighted by Crippen LogP contribution is 2.31. The van der Waals surface area contributed by atoms with Crippen LogP contribution in [0.2, 0.25) is 0 Å². The first-order valence-corrected chi connectivity index (χ1v) is 7.27. The summed E-state index contributed by atoms with van der Waals surface area (Å²) in [4.78, 5) is 17.0. The predicted octanol–water partition coefficient (Wildman–Crippen LogP) is 1.43. The van der Waals surface area contributed by atoms with E-state index in [9.17, 15) is 9.90 Å². The Morgan fingerprint density at radius 3 is 2.59 bits per heavy atom. The van der Waals surface area contributed by atoms with Crippen molar-refractivity contribution in [2.24, 2.45) is 0 Å². The Hall–Kier alpha value is -2.37. The lowest BCUT2D eigenvalue weighted by Crippen LogP contribution is -2.57. The van der Waals surface area contributed by atoms with E-state index in [1.54, 1.807) is 6.07 Å². The Morgan fingerprint density at radius 2 is 1.91 bits per heavy atom. The van der Waals surface area contributed by atoms with Crippen LogP contribution >= 0.6 is 0 Å². The van der Waals surface area contributed by atoms with Crippen LogP contribution < -0.4 is 5.56 Å². The lowest BCUT2D eigenvalue weighted by atomic mass is 9.86. The second-order valence-electron chi connectivity index (χ2n) is 6.08. The maximum atomic E-state index is 12.0. The fourth-order valence-electron chi connectivity index (χ4n) is 3.19. The standard InChI is InChI=1S/C17H17N3O2/c1-19-10-17(22,11-19)13-6-4-12(5-7-13)14-9-20-8-2-3-15(20)16(21)18-14/h2-9,22H,10-11H2,1H3,(H,18,21). The molecule has 5 nitrogen and oxygen atoms in total. The molecule has 1 aromatic carbocycles. The van der Waals surface area contributed by atoms with Gasteiger partial charge in [-0.25, -0.2) is 0 Å². The smallest absolute Gasteiger partial charge is 0.272 e. The summed E-state index contributed by atoms with van der Waals surface area (Å²) in [7, 11) is 1.99. The van der Waals surface area contributed by atoms with Crippen molar-refractivity contribution in [1.82, 2.24) is 14.3 Å². The van der Waals surface area contributed by atoms with Crippen LogP contribution in [0.1, 0.15) is 5.56 Å². The molecule has 0 unspecified atom stereocenters. The molecule has 0 spiro atoms. The van der Waals surface area contributed by atoms with E-state index in [1.165, 1.54) is 0 Å². The molecule has 1 fully saturated rings. The van der Waals surface area contributed by atoms with E-state index in [0.717, 1.165) is 16.8 Å². The van der Waals surface area contributed by atoms with Crippen molar-refractivity contribution >= 4 is 5.52 Å². The Labute approximate surface area is 127 Å². The molecule has 0 amide bonds. The number of H-pyrrole nitrogens is 1. The summed E-state index contributed by atoms with van der Waals surface area (Å²) in [5.41, 5.74) is 2.38. The Balaban J connectivity index is 1.71. The quantitative estimate of drug-likeness (QED) is 0.752. The molecule has 0 radical (unpaired) electrons. The summed E-state index contributed by atoms with van der Waals surface area (Å²) in [6.07, 6.45) is 3.76. The number of nitrogens with one attached hydrogen (secondary N) is 1. The molecule has 2 aromatic heterocycles. The van der Waals surface area contributed by atoms with Crippen LogP contribution in [0.15, 0.2) is 53.6 Å². The largest absolute Gasteiger partial charge is 0.382 e. The van der Waals surface area contributed by atoms with E-state index in [-0.39, 0.29) is 5.56 Å². The molecule has 22 heavy (non-hydrogen) atoms. The second kappa shape index (κ2) is 4.56. The molecular formula is C17H17N3O2. The number of benzene rings is 1. The summed E-state index contributed by atoms with van der Waals surface area (Å²) >= 11 is 0. The molecule has 3 aromatic rings. The molecule has 3 heterocycles. The maximum Gasteiger partial charge on any atom is 0.272 e. The van der Waals surface area contributed by atoms with Gasteiger partial charge in [0.25, 0.3) is 5.56 Å². The van der Waals surface area contributed by atoms with Crippen molar-refractivity contribution in [1.29, 1.82) is 0 Å². The fourth-order valence-corrected chi connectivity index (χ4v) is 3.19. The van der Waals surface area contributed by atoms with Crippen LogP contribution in [0.25, 0.3) is 16.8 Å². The van der Waals surface area contributed by atoms with Gasteiger partial charge in [0.15, 0.2) is 0 Å². The third-order valence-corrected chi connectivity index (χ3v) is 4.32. The zero-order valence-electron chi connectivity index (χ0n) is 12.3.